The Bertz CT molecular complexity index is 641. The van der Waals surface area contributed by atoms with E-state index in [2.05, 4.69) is 4.98 Å². The van der Waals surface area contributed by atoms with Crippen molar-refractivity contribution in [3.05, 3.63) is 47.4 Å². The summed E-state index contributed by atoms with van der Waals surface area (Å²) in [5, 5.41) is 0. The zero-order chi connectivity index (χ0) is 14.9. The molecule has 0 atom stereocenters. The summed E-state index contributed by atoms with van der Waals surface area (Å²) in [4.78, 5) is 3.29. The molecule has 1 aromatic carbocycles. The number of ether oxygens (including phenoxy) is 1. The zero-order valence-electron chi connectivity index (χ0n) is 10.3. The summed E-state index contributed by atoms with van der Waals surface area (Å²) in [6.07, 6.45) is -4.59. The van der Waals surface area contributed by atoms with Crippen LogP contribution in [0.2, 0.25) is 0 Å². The molecule has 0 amide bonds. The van der Waals surface area contributed by atoms with E-state index in [1.165, 1.54) is 12.1 Å². The number of pyridine rings is 1. The van der Waals surface area contributed by atoms with Gasteiger partial charge < -0.3 is 10.5 Å². The van der Waals surface area contributed by atoms with Crippen LogP contribution < -0.4 is 10.5 Å². The van der Waals surface area contributed by atoms with E-state index < -0.39 is 17.7 Å². The number of rotatable bonds is 2. The van der Waals surface area contributed by atoms with Gasteiger partial charge in [0.05, 0.1) is 0 Å². The molecular weight excluding hydrogens is 276 g/mol. The molecule has 1 heterocycles. The molecule has 0 radical (unpaired) electrons. The number of aromatic nitrogens is 1. The van der Waals surface area contributed by atoms with Gasteiger partial charge in [-0.3, -0.25) is 0 Å². The predicted molar refractivity (Wildman–Crippen MR) is 64.9 cm³/mol. The van der Waals surface area contributed by atoms with Crippen LogP contribution in [0.25, 0.3) is 0 Å². The maximum absolute atomic E-state index is 13.6. The first-order valence-corrected chi connectivity index (χ1v) is 5.55. The number of hydrogen-bond acceptors (Lipinski definition) is 3. The summed E-state index contributed by atoms with van der Waals surface area (Å²) in [5.74, 6) is -1.35. The largest absolute Gasteiger partial charge is 0.436 e. The quantitative estimate of drug-likeness (QED) is 0.672. The lowest BCUT2D eigenvalue weighted by molar-refractivity contribution is -0.141. The number of aryl methyl sites for hydroxylation is 1. The Kier molecular flexibility index (Phi) is 3.52. The van der Waals surface area contributed by atoms with Gasteiger partial charge in [-0.15, -0.1) is 0 Å². The Labute approximate surface area is 112 Å². The lowest BCUT2D eigenvalue weighted by atomic mass is 10.2. The Morgan fingerprint density at radius 2 is 1.90 bits per heavy atom. The van der Waals surface area contributed by atoms with E-state index >= 15 is 0 Å². The normalized spacial score (nSPS) is 11.4. The summed E-state index contributed by atoms with van der Waals surface area (Å²) in [6.45, 7) is 1.63. The van der Waals surface area contributed by atoms with Crippen molar-refractivity contribution >= 4 is 5.69 Å². The van der Waals surface area contributed by atoms with Gasteiger partial charge >= 0.3 is 6.18 Å². The average Bonchev–Trinajstić information content (AvgIpc) is 2.35. The lowest BCUT2D eigenvalue weighted by Crippen LogP contribution is -2.08. The van der Waals surface area contributed by atoms with Crippen LogP contribution in [0.1, 0.15) is 11.3 Å². The second kappa shape index (κ2) is 4.99. The molecule has 0 aliphatic carbocycles. The van der Waals surface area contributed by atoms with Crippen molar-refractivity contribution in [1.82, 2.24) is 4.98 Å². The second-order valence-corrected chi connectivity index (χ2v) is 4.10. The molecule has 0 spiro atoms. The minimum atomic E-state index is -4.59. The molecule has 2 rings (SSSR count). The number of nitrogen functional groups attached to an aromatic ring is 1. The van der Waals surface area contributed by atoms with Crippen LogP contribution in [0.5, 0.6) is 11.6 Å². The summed E-state index contributed by atoms with van der Waals surface area (Å²) >= 11 is 0. The first kappa shape index (κ1) is 14.1. The standard InChI is InChI=1S/C13H10F4N2O/c1-7-5-10(8(14)6-9(7)18)20-12-4-2-3-11(19-12)13(15,16)17/h2-6H,18H2,1H3. The molecule has 20 heavy (non-hydrogen) atoms. The molecular formula is C13H10F4N2O. The average molecular weight is 286 g/mol. The van der Waals surface area contributed by atoms with Gasteiger partial charge in [0.1, 0.15) is 5.69 Å². The van der Waals surface area contributed by atoms with Crippen LogP contribution in [0.15, 0.2) is 30.3 Å². The van der Waals surface area contributed by atoms with E-state index in [-0.39, 0.29) is 17.3 Å². The van der Waals surface area contributed by atoms with Crippen molar-refractivity contribution in [3.8, 4) is 11.6 Å². The maximum atomic E-state index is 13.6. The minimum Gasteiger partial charge on any atom is -0.436 e. The number of hydrogen-bond donors (Lipinski definition) is 1. The summed E-state index contributed by atoms with van der Waals surface area (Å²) < 4.78 is 56.1. The number of halogens is 4. The molecule has 0 aliphatic rings. The van der Waals surface area contributed by atoms with Gasteiger partial charge in [0.15, 0.2) is 11.6 Å². The highest BCUT2D eigenvalue weighted by molar-refractivity contribution is 5.51. The van der Waals surface area contributed by atoms with Crippen LogP contribution in [0.3, 0.4) is 0 Å². The predicted octanol–water partition coefficient (Wildman–Crippen LogP) is 3.92. The summed E-state index contributed by atoms with van der Waals surface area (Å²) in [7, 11) is 0. The number of alkyl halides is 3. The van der Waals surface area contributed by atoms with Crippen LogP contribution in [0.4, 0.5) is 23.2 Å². The van der Waals surface area contributed by atoms with E-state index in [1.807, 2.05) is 0 Å². The fraction of sp³-hybridized carbons (Fsp3) is 0.154. The molecule has 3 nitrogen and oxygen atoms in total. The molecule has 0 unspecified atom stereocenters. The molecule has 0 saturated heterocycles. The highest BCUT2D eigenvalue weighted by atomic mass is 19.4. The van der Waals surface area contributed by atoms with Gasteiger partial charge in [-0.05, 0) is 24.6 Å². The van der Waals surface area contributed by atoms with Crippen LogP contribution in [-0.4, -0.2) is 4.98 Å². The molecule has 0 bridgehead atoms. The number of anilines is 1. The summed E-state index contributed by atoms with van der Waals surface area (Å²) in [6, 6.07) is 5.48. The molecule has 1 aromatic heterocycles. The zero-order valence-corrected chi connectivity index (χ0v) is 10.3. The van der Waals surface area contributed by atoms with Gasteiger partial charge in [0.25, 0.3) is 0 Å². The topological polar surface area (TPSA) is 48.1 Å². The smallest absolute Gasteiger partial charge is 0.433 e. The van der Waals surface area contributed by atoms with Crippen LogP contribution >= 0.6 is 0 Å². The Hall–Kier alpha value is -2.31. The molecule has 2 aromatic rings. The van der Waals surface area contributed by atoms with Crippen molar-refractivity contribution in [1.29, 1.82) is 0 Å². The van der Waals surface area contributed by atoms with Crippen molar-refractivity contribution in [2.24, 2.45) is 0 Å². The molecule has 0 aliphatic heterocycles. The first-order chi connectivity index (χ1) is 9.27. The van der Waals surface area contributed by atoms with Crippen molar-refractivity contribution in [2.75, 3.05) is 5.73 Å². The highest BCUT2D eigenvalue weighted by Crippen LogP contribution is 2.31. The monoisotopic (exact) mass is 286 g/mol. The van der Waals surface area contributed by atoms with Gasteiger partial charge in [0, 0.05) is 17.8 Å². The molecule has 0 fully saturated rings. The van der Waals surface area contributed by atoms with Gasteiger partial charge in [0.2, 0.25) is 5.88 Å². The number of nitrogens with zero attached hydrogens (tertiary/aromatic N) is 1. The summed E-state index contributed by atoms with van der Waals surface area (Å²) in [5.41, 5.74) is 5.17. The Morgan fingerprint density at radius 3 is 2.55 bits per heavy atom. The van der Waals surface area contributed by atoms with E-state index in [0.717, 1.165) is 18.2 Å². The van der Waals surface area contributed by atoms with E-state index in [4.69, 9.17) is 10.5 Å². The first-order valence-electron chi connectivity index (χ1n) is 5.55. The number of benzene rings is 1. The third-order valence-corrected chi connectivity index (χ3v) is 2.55. The molecule has 0 saturated carbocycles. The van der Waals surface area contributed by atoms with E-state index in [0.29, 0.717) is 5.56 Å². The van der Waals surface area contributed by atoms with Crippen LogP contribution in [-0.2, 0) is 6.18 Å². The van der Waals surface area contributed by atoms with Crippen molar-refractivity contribution < 1.29 is 22.3 Å². The SMILES string of the molecule is Cc1cc(Oc2cccc(C(F)(F)F)n2)c(F)cc1N. The van der Waals surface area contributed by atoms with Gasteiger partial charge in [-0.2, -0.15) is 13.2 Å². The van der Waals surface area contributed by atoms with E-state index in [9.17, 15) is 17.6 Å². The van der Waals surface area contributed by atoms with Crippen LogP contribution in [0, 0.1) is 12.7 Å². The van der Waals surface area contributed by atoms with Crippen molar-refractivity contribution in [3.63, 3.8) is 0 Å². The number of nitrogens with two attached hydrogens (primary N) is 1. The minimum absolute atomic E-state index is 0.229. The van der Waals surface area contributed by atoms with E-state index in [1.54, 1.807) is 6.92 Å². The third kappa shape index (κ3) is 2.98. The Balaban J connectivity index is 2.33. The lowest BCUT2D eigenvalue weighted by Gasteiger charge is -2.10. The third-order valence-electron chi connectivity index (χ3n) is 2.55. The molecule has 7 heteroatoms. The van der Waals surface area contributed by atoms with Gasteiger partial charge in [-0.1, -0.05) is 6.07 Å². The van der Waals surface area contributed by atoms with Crippen molar-refractivity contribution in [2.45, 2.75) is 13.1 Å². The molecule has 106 valence electrons. The maximum Gasteiger partial charge on any atom is 0.433 e. The fourth-order valence-corrected chi connectivity index (χ4v) is 1.49. The second-order valence-electron chi connectivity index (χ2n) is 4.10. The Morgan fingerprint density at radius 1 is 1.20 bits per heavy atom. The molecule has 2 N–H and O–H groups in total. The highest BCUT2D eigenvalue weighted by Gasteiger charge is 2.32. The fourth-order valence-electron chi connectivity index (χ4n) is 1.49. The van der Waals surface area contributed by atoms with Gasteiger partial charge in [-0.25, -0.2) is 9.37 Å².